The topological polar surface area (TPSA) is 64.7 Å². The molecule has 230 valence electrons. The van der Waals surface area contributed by atoms with Crippen LogP contribution in [-0.2, 0) is 0 Å². The van der Waals surface area contributed by atoms with Crippen molar-refractivity contribution in [1.29, 1.82) is 0 Å². The second-order valence-corrected chi connectivity index (χ2v) is 11.9. The van der Waals surface area contributed by atoms with Gasteiger partial charge in [-0.2, -0.15) is 0 Å². The molecule has 0 N–H and O–H groups in total. The highest BCUT2D eigenvalue weighted by Gasteiger charge is 2.17. The third-order valence-corrected chi connectivity index (χ3v) is 8.75. The smallest absolute Gasteiger partial charge is 0.227 e. The Kier molecular flexibility index (Phi) is 7.06. The van der Waals surface area contributed by atoms with E-state index in [0.29, 0.717) is 23.4 Å². The highest BCUT2D eigenvalue weighted by atomic mass is 16.3. The van der Waals surface area contributed by atoms with Gasteiger partial charge in [0.1, 0.15) is 5.52 Å². The number of fused-ring (bicyclic) bond motifs is 3. The van der Waals surface area contributed by atoms with Gasteiger partial charge in [-0.3, -0.25) is 0 Å². The van der Waals surface area contributed by atoms with Crippen molar-refractivity contribution in [2.75, 3.05) is 0 Å². The van der Waals surface area contributed by atoms with Crippen LogP contribution in [0.2, 0.25) is 0 Å². The predicted molar refractivity (Wildman–Crippen MR) is 198 cm³/mol. The summed E-state index contributed by atoms with van der Waals surface area (Å²) in [5.74, 6) is 2.45. The number of hydrogen-bond donors (Lipinski definition) is 0. The molecule has 5 heteroatoms. The van der Waals surface area contributed by atoms with Crippen molar-refractivity contribution in [2.24, 2.45) is 0 Å². The second-order valence-electron chi connectivity index (χ2n) is 11.9. The predicted octanol–water partition coefficient (Wildman–Crippen LogP) is 11.2. The third kappa shape index (κ3) is 5.43. The molecule has 0 unspecified atom stereocenters. The standard InChI is InChI=1S/C44H28N4O/c1-4-13-29(14-5-1)33-20-10-22-35(27-33)42-46-41(31-15-6-2-7-16-31)47-43(48-42)36-23-11-21-34(28-36)37-24-12-19-30-25-26-38-40(39(30)37)49-44(45-38)32-17-8-3-9-18-32/h1-28H. The molecule has 2 aromatic heterocycles. The number of oxazole rings is 1. The van der Waals surface area contributed by atoms with Gasteiger partial charge in [0.15, 0.2) is 23.1 Å². The van der Waals surface area contributed by atoms with Crippen LogP contribution in [0.3, 0.4) is 0 Å². The molecule has 9 rings (SSSR count). The fraction of sp³-hybridized carbons (Fsp3) is 0. The fourth-order valence-electron chi connectivity index (χ4n) is 6.34. The van der Waals surface area contributed by atoms with E-state index in [2.05, 4.69) is 97.1 Å². The van der Waals surface area contributed by atoms with Crippen LogP contribution in [0.5, 0.6) is 0 Å². The van der Waals surface area contributed by atoms with E-state index in [0.717, 1.165) is 66.4 Å². The molecule has 0 aliphatic rings. The Morgan fingerprint density at radius 3 is 1.53 bits per heavy atom. The Balaban J connectivity index is 1.19. The third-order valence-electron chi connectivity index (χ3n) is 8.75. The van der Waals surface area contributed by atoms with Crippen LogP contribution in [-0.4, -0.2) is 19.9 Å². The van der Waals surface area contributed by atoms with Gasteiger partial charge < -0.3 is 4.42 Å². The molecule has 9 aromatic rings. The van der Waals surface area contributed by atoms with Crippen LogP contribution in [0.1, 0.15) is 0 Å². The van der Waals surface area contributed by atoms with Crippen LogP contribution in [0.15, 0.2) is 174 Å². The highest BCUT2D eigenvalue weighted by molar-refractivity contribution is 6.11. The van der Waals surface area contributed by atoms with Crippen molar-refractivity contribution < 1.29 is 4.42 Å². The lowest BCUT2D eigenvalue weighted by Gasteiger charge is -2.11. The maximum absolute atomic E-state index is 6.47. The summed E-state index contributed by atoms with van der Waals surface area (Å²) >= 11 is 0. The summed E-state index contributed by atoms with van der Waals surface area (Å²) in [7, 11) is 0. The molecule has 0 fully saturated rings. The molecule has 0 bridgehead atoms. The first kappa shape index (κ1) is 28.5. The van der Waals surface area contributed by atoms with Crippen molar-refractivity contribution >= 4 is 21.9 Å². The van der Waals surface area contributed by atoms with Gasteiger partial charge in [-0.05, 0) is 58.0 Å². The molecule has 2 heterocycles. The maximum atomic E-state index is 6.47. The summed E-state index contributed by atoms with van der Waals surface area (Å²) in [6.07, 6.45) is 0. The van der Waals surface area contributed by atoms with Crippen LogP contribution in [0.4, 0.5) is 0 Å². The summed E-state index contributed by atoms with van der Waals surface area (Å²) in [6.45, 7) is 0. The Bertz CT molecular complexity index is 2600. The van der Waals surface area contributed by atoms with Crippen LogP contribution in [0.25, 0.3) is 89.7 Å². The lowest BCUT2D eigenvalue weighted by molar-refractivity contribution is 0.623. The molecule has 49 heavy (non-hydrogen) atoms. The first-order chi connectivity index (χ1) is 24.3. The minimum Gasteiger partial charge on any atom is -0.435 e. The lowest BCUT2D eigenvalue weighted by atomic mass is 9.96. The molecule has 0 aliphatic heterocycles. The van der Waals surface area contributed by atoms with Gasteiger partial charge in [0.05, 0.1) is 0 Å². The van der Waals surface area contributed by atoms with E-state index in [1.54, 1.807) is 0 Å². The molecule has 0 saturated carbocycles. The zero-order valence-corrected chi connectivity index (χ0v) is 26.4. The Labute approximate surface area is 283 Å². The molecule has 0 radical (unpaired) electrons. The van der Waals surface area contributed by atoms with E-state index in [1.165, 1.54) is 0 Å². The van der Waals surface area contributed by atoms with Gasteiger partial charge in [0.2, 0.25) is 5.89 Å². The molecule has 0 atom stereocenters. The maximum Gasteiger partial charge on any atom is 0.227 e. The van der Waals surface area contributed by atoms with Gasteiger partial charge in [-0.25, -0.2) is 19.9 Å². The largest absolute Gasteiger partial charge is 0.435 e. The highest BCUT2D eigenvalue weighted by Crippen LogP contribution is 2.38. The first-order valence-corrected chi connectivity index (χ1v) is 16.2. The fourth-order valence-corrected chi connectivity index (χ4v) is 6.34. The summed E-state index contributed by atoms with van der Waals surface area (Å²) < 4.78 is 6.47. The molecular formula is C44H28N4O. The van der Waals surface area contributed by atoms with Gasteiger partial charge in [0.25, 0.3) is 0 Å². The van der Waals surface area contributed by atoms with Crippen molar-refractivity contribution in [3.05, 3.63) is 170 Å². The van der Waals surface area contributed by atoms with E-state index in [9.17, 15) is 0 Å². The summed E-state index contributed by atoms with van der Waals surface area (Å²) in [4.78, 5) is 19.9. The molecule has 7 aromatic carbocycles. The average molecular weight is 629 g/mol. The normalized spacial score (nSPS) is 11.3. The van der Waals surface area contributed by atoms with Crippen LogP contribution in [0, 0.1) is 0 Å². The number of aromatic nitrogens is 4. The Hall–Kier alpha value is -6.72. The zero-order valence-electron chi connectivity index (χ0n) is 26.4. The van der Waals surface area contributed by atoms with Gasteiger partial charge in [-0.1, -0.05) is 140 Å². The minimum absolute atomic E-state index is 0.604. The summed E-state index contributed by atoms with van der Waals surface area (Å²) in [5, 5.41) is 2.10. The number of hydrogen-bond acceptors (Lipinski definition) is 5. The lowest BCUT2D eigenvalue weighted by Crippen LogP contribution is -2.00. The van der Waals surface area contributed by atoms with Crippen LogP contribution < -0.4 is 0 Å². The molecule has 5 nitrogen and oxygen atoms in total. The number of rotatable bonds is 6. The van der Waals surface area contributed by atoms with E-state index in [4.69, 9.17) is 24.4 Å². The van der Waals surface area contributed by atoms with Crippen molar-refractivity contribution in [2.45, 2.75) is 0 Å². The Morgan fingerprint density at radius 2 is 0.857 bits per heavy atom. The van der Waals surface area contributed by atoms with E-state index < -0.39 is 0 Å². The monoisotopic (exact) mass is 628 g/mol. The molecular weight excluding hydrogens is 601 g/mol. The van der Waals surface area contributed by atoms with E-state index in [-0.39, 0.29) is 0 Å². The molecule has 0 saturated heterocycles. The van der Waals surface area contributed by atoms with Crippen LogP contribution >= 0.6 is 0 Å². The SMILES string of the molecule is c1ccc(-c2cccc(-c3nc(-c4ccccc4)nc(-c4cccc(-c5cccc6ccc7nc(-c8ccccc8)oc7c56)c4)n3)c2)cc1. The number of benzene rings is 7. The molecule has 0 amide bonds. The first-order valence-electron chi connectivity index (χ1n) is 16.2. The second kappa shape index (κ2) is 12.1. The zero-order chi connectivity index (χ0) is 32.6. The Morgan fingerprint density at radius 1 is 0.347 bits per heavy atom. The quantitative estimate of drug-likeness (QED) is 0.183. The van der Waals surface area contributed by atoms with Gasteiger partial charge in [0, 0.05) is 27.6 Å². The molecule has 0 spiro atoms. The average Bonchev–Trinajstić information content (AvgIpc) is 3.64. The van der Waals surface area contributed by atoms with Gasteiger partial charge >= 0.3 is 0 Å². The summed E-state index contributed by atoms with van der Waals surface area (Å²) in [5.41, 5.74) is 9.61. The summed E-state index contributed by atoms with van der Waals surface area (Å²) in [6, 6.07) is 57.6. The minimum atomic E-state index is 0.604. The number of nitrogens with zero attached hydrogens (tertiary/aromatic N) is 4. The van der Waals surface area contributed by atoms with Crippen molar-refractivity contribution in [3.63, 3.8) is 0 Å². The van der Waals surface area contributed by atoms with Crippen molar-refractivity contribution in [3.8, 4) is 67.9 Å². The van der Waals surface area contributed by atoms with Gasteiger partial charge in [-0.15, -0.1) is 0 Å². The molecule has 0 aliphatic carbocycles. The van der Waals surface area contributed by atoms with E-state index >= 15 is 0 Å². The van der Waals surface area contributed by atoms with Crippen molar-refractivity contribution in [1.82, 2.24) is 19.9 Å². The van der Waals surface area contributed by atoms with E-state index in [1.807, 2.05) is 72.8 Å².